The number of thiazole rings is 1. The highest BCUT2D eigenvalue weighted by Gasteiger charge is 2.28. The number of piperidine rings is 1. The van der Waals surface area contributed by atoms with Crippen molar-refractivity contribution in [3.63, 3.8) is 0 Å². The number of likely N-dealkylation sites (tertiary alicyclic amines) is 1. The first-order chi connectivity index (χ1) is 14.4. The third-order valence-electron chi connectivity index (χ3n) is 6.02. The van der Waals surface area contributed by atoms with Crippen molar-refractivity contribution in [2.45, 2.75) is 47.6 Å². The number of carbonyl (C=O) groups excluding carboxylic acids is 1. The van der Waals surface area contributed by atoms with E-state index >= 15 is 0 Å². The molecule has 1 aromatic rings. The Kier molecular flexibility index (Phi) is 8.11. The van der Waals surface area contributed by atoms with E-state index in [9.17, 15) is 4.79 Å². The molecule has 0 radical (unpaired) electrons. The number of aliphatic imine (C=N–C) groups is 1. The minimum absolute atomic E-state index is 0.289. The van der Waals surface area contributed by atoms with Gasteiger partial charge in [0.1, 0.15) is 5.01 Å². The van der Waals surface area contributed by atoms with Gasteiger partial charge in [0.15, 0.2) is 5.96 Å². The van der Waals surface area contributed by atoms with Gasteiger partial charge in [-0.25, -0.2) is 9.98 Å². The lowest BCUT2D eigenvalue weighted by atomic mass is 9.92. The van der Waals surface area contributed by atoms with Gasteiger partial charge < -0.3 is 15.1 Å². The molecular weight excluding hydrogens is 396 g/mol. The largest absolute Gasteiger partial charge is 0.357 e. The van der Waals surface area contributed by atoms with E-state index in [1.165, 1.54) is 11.3 Å². The Bertz CT molecular complexity index is 710. The number of rotatable bonds is 5. The zero-order valence-corrected chi connectivity index (χ0v) is 20.1. The van der Waals surface area contributed by atoms with Crippen LogP contribution in [0.2, 0.25) is 0 Å². The Balaban J connectivity index is 1.51. The van der Waals surface area contributed by atoms with E-state index < -0.39 is 0 Å². The summed E-state index contributed by atoms with van der Waals surface area (Å²) < 4.78 is 0. The molecule has 0 spiro atoms. The minimum atomic E-state index is 0.289. The molecule has 2 fully saturated rings. The maximum Gasteiger partial charge on any atom is 0.236 e. The van der Waals surface area contributed by atoms with Crippen molar-refractivity contribution < 1.29 is 4.79 Å². The van der Waals surface area contributed by atoms with Crippen LogP contribution in [-0.2, 0) is 11.3 Å². The molecule has 8 heteroatoms. The number of piperazine rings is 1. The van der Waals surface area contributed by atoms with Crippen LogP contribution < -0.4 is 5.32 Å². The van der Waals surface area contributed by atoms with Crippen molar-refractivity contribution in [1.29, 1.82) is 0 Å². The van der Waals surface area contributed by atoms with Crippen LogP contribution >= 0.6 is 11.3 Å². The monoisotopic (exact) mass is 434 g/mol. The summed E-state index contributed by atoms with van der Waals surface area (Å²) in [6.07, 6.45) is 1.23. The number of guanidine groups is 1. The summed E-state index contributed by atoms with van der Waals surface area (Å²) in [4.78, 5) is 30.2. The van der Waals surface area contributed by atoms with Crippen molar-refractivity contribution in [1.82, 2.24) is 25.0 Å². The normalized spacial score (nSPS) is 23.7. The first-order valence-electron chi connectivity index (χ1n) is 11.3. The number of amides is 1. The van der Waals surface area contributed by atoms with Gasteiger partial charge in [0.05, 0.1) is 18.8 Å². The summed E-state index contributed by atoms with van der Waals surface area (Å²) >= 11 is 1.73. The molecule has 3 rings (SSSR count). The predicted molar refractivity (Wildman–Crippen MR) is 124 cm³/mol. The van der Waals surface area contributed by atoms with Gasteiger partial charge in [-0.1, -0.05) is 13.8 Å². The Morgan fingerprint density at radius 2 is 1.80 bits per heavy atom. The third kappa shape index (κ3) is 6.17. The Morgan fingerprint density at radius 1 is 1.13 bits per heavy atom. The van der Waals surface area contributed by atoms with Gasteiger partial charge in [-0.2, -0.15) is 0 Å². The first-order valence-corrected chi connectivity index (χ1v) is 12.1. The highest BCUT2D eigenvalue weighted by atomic mass is 32.1. The lowest BCUT2D eigenvalue weighted by Crippen LogP contribution is -2.55. The Morgan fingerprint density at radius 3 is 2.37 bits per heavy atom. The van der Waals surface area contributed by atoms with Crippen LogP contribution in [0.1, 0.15) is 42.8 Å². The van der Waals surface area contributed by atoms with Crippen molar-refractivity contribution in [3.8, 4) is 0 Å². The van der Waals surface area contributed by atoms with Gasteiger partial charge in [0.25, 0.3) is 0 Å². The van der Waals surface area contributed by atoms with Crippen molar-refractivity contribution in [2.24, 2.45) is 16.8 Å². The SMILES string of the molecule is CCNC(=NCc1nc(C)c(C)s1)N1CCN(CC(=O)N2CC(C)CC(C)C2)CC1. The molecule has 0 aliphatic carbocycles. The quantitative estimate of drug-likeness (QED) is 0.569. The van der Waals surface area contributed by atoms with E-state index in [-0.39, 0.29) is 5.91 Å². The van der Waals surface area contributed by atoms with E-state index in [4.69, 9.17) is 4.99 Å². The molecular formula is C22H38N6OS. The van der Waals surface area contributed by atoms with Crippen LogP contribution in [0.5, 0.6) is 0 Å². The Hall–Kier alpha value is -1.67. The summed E-state index contributed by atoms with van der Waals surface area (Å²) in [5, 5.41) is 4.48. The summed E-state index contributed by atoms with van der Waals surface area (Å²) in [6.45, 7) is 18.2. The standard InChI is InChI=1S/C22H38N6OS/c1-6-23-22(24-12-20-25-18(4)19(5)30-20)27-9-7-26(8-10-27)15-21(29)28-13-16(2)11-17(3)14-28/h16-17H,6-15H2,1-5H3,(H,23,24). The topological polar surface area (TPSA) is 64.1 Å². The predicted octanol–water partition coefficient (Wildman–Crippen LogP) is 2.35. The van der Waals surface area contributed by atoms with Crippen LogP contribution in [0.15, 0.2) is 4.99 Å². The maximum absolute atomic E-state index is 12.8. The molecule has 1 aromatic heterocycles. The molecule has 0 bridgehead atoms. The highest BCUT2D eigenvalue weighted by molar-refractivity contribution is 7.11. The molecule has 2 unspecified atom stereocenters. The van der Waals surface area contributed by atoms with Gasteiger partial charge in [-0.15, -0.1) is 11.3 Å². The van der Waals surface area contributed by atoms with Gasteiger partial charge in [0.2, 0.25) is 5.91 Å². The number of aromatic nitrogens is 1. The molecule has 1 N–H and O–H groups in total. The second kappa shape index (κ2) is 10.6. The fourth-order valence-electron chi connectivity index (χ4n) is 4.45. The number of carbonyl (C=O) groups is 1. The molecule has 30 heavy (non-hydrogen) atoms. The average molecular weight is 435 g/mol. The number of nitrogens with one attached hydrogen (secondary N) is 1. The molecule has 2 aliphatic rings. The molecule has 0 aromatic carbocycles. The van der Waals surface area contributed by atoms with Crippen molar-refractivity contribution in [3.05, 3.63) is 15.6 Å². The fraction of sp³-hybridized carbons (Fsp3) is 0.773. The first kappa shape index (κ1) is 23.0. The highest BCUT2D eigenvalue weighted by Crippen LogP contribution is 2.21. The second-order valence-corrected chi connectivity index (χ2v) is 10.2. The summed E-state index contributed by atoms with van der Waals surface area (Å²) in [6, 6.07) is 0. The molecule has 2 aliphatic heterocycles. The molecule has 3 heterocycles. The van der Waals surface area contributed by atoms with E-state index in [1.54, 1.807) is 11.3 Å². The summed E-state index contributed by atoms with van der Waals surface area (Å²) in [5.41, 5.74) is 1.10. The lowest BCUT2D eigenvalue weighted by molar-refractivity contribution is -0.135. The van der Waals surface area contributed by atoms with E-state index in [0.29, 0.717) is 24.9 Å². The smallest absolute Gasteiger partial charge is 0.236 e. The number of hydrogen-bond donors (Lipinski definition) is 1. The molecule has 0 saturated carbocycles. The number of hydrogen-bond acceptors (Lipinski definition) is 5. The van der Waals surface area contributed by atoms with Crippen molar-refractivity contribution >= 4 is 23.2 Å². The Labute approximate surface area is 185 Å². The molecule has 2 saturated heterocycles. The summed E-state index contributed by atoms with van der Waals surface area (Å²) in [5.74, 6) is 2.46. The van der Waals surface area contributed by atoms with Crippen LogP contribution in [0, 0.1) is 25.7 Å². The number of aryl methyl sites for hydroxylation is 2. The van der Waals surface area contributed by atoms with Crippen LogP contribution in [0.3, 0.4) is 0 Å². The summed E-state index contributed by atoms with van der Waals surface area (Å²) in [7, 11) is 0. The second-order valence-electron chi connectivity index (χ2n) is 8.93. The zero-order chi connectivity index (χ0) is 21.7. The van der Waals surface area contributed by atoms with Crippen LogP contribution in [0.25, 0.3) is 0 Å². The van der Waals surface area contributed by atoms with Gasteiger partial charge in [-0.3, -0.25) is 9.69 Å². The molecule has 168 valence electrons. The zero-order valence-electron chi connectivity index (χ0n) is 19.3. The molecule has 7 nitrogen and oxygen atoms in total. The number of nitrogens with zero attached hydrogens (tertiary/aromatic N) is 5. The van der Waals surface area contributed by atoms with Gasteiger partial charge in [-0.05, 0) is 39.0 Å². The van der Waals surface area contributed by atoms with Crippen LogP contribution in [-0.4, -0.2) is 83.9 Å². The van der Waals surface area contributed by atoms with Gasteiger partial charge in [0, 0.05) is 50.7 Å². The third-order valence-corrected chi connectivity index (χ3v) is 7.08. The van der Waals surface area contributed by atoms with E-state index in [2.05, 4.69) is 59.6 Å². The minimum Gasteiger partial charge on any atom is -0.357 e. The fourth-order valence-corrected chi connectivity index (χ4v) is 5.31. The van der Waals surface area contributed by atoms with Crippen LogP contribution in [0.4, 0.5) is 0 Å². The molecule has 1 amide bonds. The van der Waals surface area contributed by atoms with E-state index in [1.807, 2.05) is 0 Å². The average Bonchev–Trinajstić information content (AvgIpc) is 3.02. The van der Waals surface area contributed by atoms with Crippen molar-refractivity contribution in [2.75, 3.05) is 52.4 Å². The maximum atomic E-state index is 12.8. The lowest BCUT2D eigenvalue weighted by Gasteiger charge is -2.39. The molecule has 2 atom stereocenters. The van der Waals surface area contributed by atoms with E-state index in [0.717, 1.165) is 62.5 Å². The van der Waals surface area contributed by atoms with Gasteiger partial charge >= 0.3 is 0 Å².